The average molecular weight is 338 g/mol. The van der Waals surface area contributed by atoms with Crippen LogP contribution in [-0.2, 0) is 0 Å². The van der Waals surface area contributed by atoms with Crippen LogP contribution in [0.15, 0.2) is 30.3 Å². The number of benzene rings is 1. The minimum atomic E-state index is -0.188. The first-order valence-corrected chi connectivity index (χ1v) is 9.71. The Bertz CT molecular complexity index is 661. The third-order valence-electron chi connectivity index (χ3n) is 7.16. The first-order valence-electron chi connectivity index (χ1n) is 9.71. The van der Waals surface area contributed by atoms with Crippen molar-refractivity contribution in [2.24, 2.45) is 22.2 Å². The molecular formula is C22H30N2O. The zero-order valence-corrected chi connectivity index (χ0v) is 15.5. The van der Waals surface area contributed by atoms with Gasteiger partial charge in [0.05, 0.1) is 18.7 Å². The molecule has 0 radical (unpaired) electrons. The summed E-state index contributed by atoms with van der Waals surface area (Å²) in [5.41, 5.74) is 1.92. The molecule has 4 bridgehead atoms. The van der Waals surface area contributed by atoms with E-state index in [1.54, 1.807) is 0 Å². The molecule has 4 unspecified atom stereocenters. The number of hydrogen-bond acceptors (Lipinski definition) is 3. The van der Waals surface area contributed by atoms with Crippen molar-refractivity contribution in [3.8, 4) is 6.07 Å². The molecule has 4 fully saturated rings. The quantitative estimate of drug-likeness (QED) is 0.846. The molecular weight excluding hydrogens is 308 g/mol. The molecule has 4 aliphatic carbocycles. The molecule has 0 aromatic heterocycles. The van der Waals surface area contributed by atoms with Crippen LogP contribution < -0.4 is 5.32 Å². The molecule has 1 aromatic carbocycles. The van der Waals surface area contributed by atoms with Gasteiger partial charge in [0.1, 0.15) is 6.04 Å². The van der Waals surface area contributed by atoms with E-state index >= 15 is 0 Å². The Hall–Kier alpha value is -1.37. The third kappa shape index (κ3) is 2.90. The SMILES string of the molecule is CC12CC3CC(C)(C1)CC(C(C#N)NC(CO)c1ccccc1)(C3)C2. The molecule has 1 aromatic rings. The van der Waals surface area contributed by atoms with E-state index in [9.17, 15) is 10.4 Å². The molecule has 0 aliphatic heterocycles. The number of nitrogens with one attached hydrogen (secondary N) is 1. The fourth-order valence-electron chi connectivity index (χ4n) is 7.35. The van der Waals surface area contributed by atoms with Gasteiger partial charge < -0.3 is 5.11 Å². The van der Waals surface area contributed by atoms with Crippen molar-refractivity contribution < 1.29 is 5.11 Å². The summed E-state index contributed by atoms with van der Waals surface area (Å²) < 4.78 is 0. The van der Waals surface area contributed by atoms with Gasteiger partial charge in [-0.05, 0) is 60.8 Å². The van der Waals surface area contributed by atoms with Crippen molar-refractivity contribution in [2.75, 3.05) is 6.61 Å². The Kier molecular flexibility index (Phi) is 3.98. The van der Waals surface area contributed by atoms with Crippen LogP contribution in [0.1, 0.15) is 64.0 Å². The lowest BCUT2D eigenvalue weighted by molar-refractivity contribution is -0.152. The van der Waals surface area contributed by atoms with Crippen LogP contribution in [0.5, 0.6) is 0 Å². The maximum absolute atomic E-state index is 10.1. The molecule has 0 amide bonds. The van der Waals surface area contributed by atoms with Gasteiger partial charge in [0, 0.05) is 5.41 Å². The Morgan fingerprint density at radius 3 is 2.28 bits per heavy atom. The smallest absolute Gasteiger partial charge is 0.102 e. The second kappa shape index (κ2) is 5.83. The van der Waals surface area contributed by atoms with Crippen molar-refractivity contribution in [1.82, 2.24) is 5.32 Å². The number of nitriles is 1. The van der Waals surface area contributed by atoms with Crippen LogP contribution in [-0.4, -0.2) is 17.8 Å². The van der Waals surface area contributed by atoms with Crippen LogP contribution >= 0.6 is 0 Å². The van der Waals surface area contributed by atoms with Crippen LogP contribution in [0.25, 0.3) is 0 Å². The van der Waals surface area contributed by atoms with Gasteiger partial charge >= 0.3 is 0 Å². The summed E-state index contributed by atoms with van der Waals surface area (Å²) >= 11 is 0. The molecule has 134 valence electrons. The number of rotatable bonds is 5. The number of nitrogens with zero attached hydrogens (tertiary/aromatic N) is 1. The topological polar surface area (TPSA) is 56.0 Å². The maximum atomic E-state index is 10.1. The number of aliphatic hydroxyl groups is 1. The number of hydrogen-bond donors (Lipinski definition) is 2. The summed E-state index contributed by atoms with van der Waals surface area (Å²) in [5, 5.41) is 23.5. The van der Waals surface area contributed by atoms with Crippen molar-refractivity contribution in [2.45, 2.75) is 64.5 Å². The standard InChI is InChI=1S/C22H30N2O/c1-20-8-16-9-21(2,13-20)15-22(10-16,14-20)19(11-23)24-18(12-25)17-6-4-3-5-7-17/h3-7,16,18-19,24-25H,8-10,12-15H2,1-2H3. The highest BCUT2D eigenvalue weighted by atomic mass is 16.3. The summed E-state index contributed by atoms with van der Waals surface area (Å²) in [7, 11) is 0. The van der Waals surface area contributed by atoms with Crippen molar-refractivity contribution >= 4 is 0 Å². The van der Waals surface area contributed by atoms with E-state index in [2.05, 4.69) is 25.2 Å². The monoisotopic (exact) mass is 338 g/mol. The van der Waals surface area contributed by atoms with Gasteiger partial charge in [-0.2, -0.15) is 5.26 Å². The highest BCUT2D eigenvalue weighted by Crippen LogP contribution is 2.70. The Morgan fingerprint density at radius 2 is 1.76 bits per heavy atom. The van der Waals surface area contributed by atoms with E-state index in [1.165, 1.54) is 25.7 Å². The van der Waals surface area contributed by atoms with E-state index in [-0.39, 0.29) is 24.1 Å². The normalized spacial score (nSPS) is 41.3. The molecule has 4 saturated carbocycles. The molecule has 4 aliphatic rings. The molecule has 0 heterocycles. The van der Waals surface area contributed by atoms with Crippen molar-refractivity contribution in [3.05, 3.63) is 35.9 Å². The summed E-state index contributed by atoms with van der Waals surface area (Å²) in [4.78, 5) is 0. The van der Waals surface area contributed by atoms with Crippen LogP contribution in [0.3, 0.4) is 0 Å². The highest BCUT2D eigenvalue weighted by Gasteiger charge is 2.62. The van der Waals surface area contributed by atoms with Gasteiger partial charge in [0.15, 0.2) is 0 Å². The van der Waals surface area contributed by atoms with Gasteiger partial charge in [0.2, 0.25) is 0 Å². The third-order valence-corrected chi connectivity index (χ3v) is 7.16. The molecule has 3 heteroatoms. The van der Waals surface area contributed by atoms with Gasteiger partial charge in [-0.25, -0.2) is 0 Å². The van der Waals surface area contributed by atoms with E-state index in [1.807, 2.05) is 30.3 Å². The lowest BCUT2D eigenvalue weighted by Crippen LogP contribution is -2.61. The lowest BCUT2D eigenvalue weighted by atomic mass is 9.39. The van der Waals surface area contributed by atoms with Gasteiger partial charge in [-0.15, -0.1) is 0 Å². The zero-order chi connectivity index (χ0) is 17.7. The van der Waals surface area contributed by atoms with E-state index < -0.39 is 0 Å². The molecule has 2 N–H and O–H groups in total. The Labute approximate surface area is 151 Å². The van der Waals surface area contributed by atoms with Gasteiger partial charge in [0.25, 0.3) is 0 Å². The van der Waals surface area contributed by atoms with E-state index in [0.29, 0.717) is 10.8 Å². The van der Waals surface area contributed by atoms with E-state index in [0.717, 1.165) is 24.3 Å². The first kappa shape index (κ1) is 17.1. The minimum absolute atomic E-state index is 0.0240. The Morgan fingerprint density at radius 1 is 1.12 bits per heavy atom. The largest absolute Gasteiger partial charge is 0.394 e. The zero-order valence-electron chi connectivity index (χ0n) is 15.5. The van der Waals surface area contributed by atoms with Crippen molar-refractivity contribution in [3.63, 3.8) is 0 Å². The first-order chi connectivity index (χ1) is 11.9. The lowest BCUT2D eigenvalue weighted by Gasteiger charge is -2.66. The highest BCUT2D eigenvalue weighted by molar-refractivity contribution is 5.22. The fourth-order valence-corrected chi connectivity index (χ4v) is 7.35. The second-order valence-corrected chi connectivity index (χ2v) is 9.87. The van der Waals surface area contributed by atoms with Crippen molar-refractivity contribution in [1.29, 1.82) is 5.26 Å². The number of aliphatic hydroxyl groups excluding tert-OH is 1. The van der Waals surface area contributed by atoms with Gasteiger partial charge in [-0.3, -0.25) is 5.32 Å². The average Bonchev–Trinajstić information content (AvgIpc) is 2.53. The van der Waals surface area contributed by atoms with Crippen LogP contribution in [0.4, 0.5) is 0 Å². The van der Waals surface area contributed by atoms with Gasteiger partial charge in [-0.1, -0.05) is 44.2 Å². The summed E-state index contributed by atoms with van der Waals surface area (Å²) in [6.07, 6.45) is 7.48. The summed E-state index contributed by atoms with van der Waals surface area (Å²) in [6, 6.07) is 12.3. The molecule has 0 spiro atoms. The van der Waals surface area contributed by atoms with Crippen LogP contribution in [0, 0.1) is 33.5 Å². The molecule has 3 nitrogen and oxygen atoms in total. The fraction of sp³-hybridized carbons (Fsp3) is 0.682. The Balaban J connectivity index is 1.62. The molecule has 5 rings (SSSR count). The molecule has 25 heavy (non-hydrogen) atoms. The van der Waals surface area contributed by atoms with E-state index in [4.69, 9.17) is 0 Å². The predicted octanol–water partition coefficient (Wildman–Crippen LogP) is 4.20. The summed E-state index contributed by atoms with van der Waals surface area (Å²) in [6.45, 7) is 4.91. The van der Waals surface area contributed by atoms with Crippen LogP contribution in [0.2, 0.25) is 0 Å². The summed E-state index contributed by atoms with van der Waals surface area (Å²) in [5.74, 6) is 0.771. The molecule has 0 saturated heterocycles. The minimum Gasteiger partial charge on any atom is -0.394 e. The predicted molar refractivity (Wildman–Crippen MR) is 98.6 cm³/mol. The second-order valence-electron chi connectivity index (χ2n) is 9.87. The molecule has 4 atom stereocenters. The maximum Gasteiger partial charge on any atom is 0.102 e.